The fourth-order valence-corrected chi connectivity index (χ4v) is 19.6. The zero-order valence-electron chi connectivity index (χ0n) is 39.3. The van der Waals surface area contributed by atoms with E-state index in [-0.39, 0.29) is 17.6 Å². The van der Waals surface area contributed by atoms with Crippen molar-refractivity contribution < 1.29 is 74.0 Å². The molecule has 8 rings (SSSR count). The first-order valence-electron chi connectivity index (χ1n) is 22.3. The molecule has 0 aliphatic carbocycles. The fourth-order valence-electron chi connectivity index (χ4n) is 8.94. The first kappa shape index (κ1) is 55.3. The smallest absolute Gasteiger partial charge is 0.294 e. The minimum absolute atomic E-state index is 0.248. The van der Waals surface area contributed by atoms with Crippen LogP contribution in [0.25, 0.3) is 11.1 Å². The summed E-state index contributed by atoms with van der Waals surface area (Å²) in [5.41, 5.74) is 2.65. The molecular weight excluding hydrogens is 1100 g/mol. The summed E-state index contributed by atoms with van der Waals surface area (Å²) in [5, 5.41) is 3.90. The van der Waals surface area contributed by atoms with Crippen molar-refractivity contribution >= 4 is 96.9 Å². The van der Waals surface area contributed by atoms with Gasteiger partial charge in [0.1, 0.15) is 99.1 Å². The molecule has 2 aromatic heterocycles. The van der Waals surface area contributed by atoms with Crippen LogP contribution in [0.15, 0.2) is 219 Å². The monoisotopic (exact) mass is 1150 g/mol. The van der Waals surface area contributed by atoms with Gasteiger partial charge in [0, 0.05) is 24.3 Å². The SMILES string of the molecule is Cc1ccc([P+](CC[n+]2ccc(-c3cc[n+](CC[P+](c4ccc(S(=O)(=O)[O-])cc4)(c4ccc(S(=O)(=O)[O-])cc4)c4ccc(S(=O)(=O)[O-])cc4)cc3)cc2)(c2ccc(S(=O)(=O)[O-])cc2)c2ccc(S(=O)(=O)O)cc2)cc1. The van der Waals surface area contributed by atoms with Crippen LogP contribution in [0, 0.1) is 6.92 Å². The largest absolute Gasteiger partial charge is 0.744 e. The second-order valence-electron chi connectivity index (χ2n) is 17.3. The number of hydrogen-bond acceptors (Lipinski definition) is 14. The molecule has 0 saturated carbocycles. The Morgan fingerprint density at radius 1 is 0.347 bits per heavy atom. The Morgan fingerprint density at radius 3 is 0.773 bits per heavy atom. The highest BCUT2D eigenvalue weighted by Gasteiger charge is 2.48. The Morgan fingerprint density at radius 2 is 0.560 bits per heavy atom. The predicted molar refractivity (Wildman–Crippen MR) is 279 cm³/mol. The minimum atomic E-state index is -4.87. The molecule has 0 bridgehead atoms. The molecule has 0 amide bonds. The number of rotatable bonds is 18. The van der Waals surface area contributed by atoms with E-state index in [0.717, 1.165) is 69.0 Å². The van der Waals surface area contributed by atoms with Gasteiger partial charge < -0.3 is 18.2 Å². The number of hydrogen-bond donors (Lipinski definition) is 1. The second kappa shape index (κ2) is 21.2. The highest BCUT2D eigenvalue weighted by atomic mass is 32.2. The average molecular weight is 1150 g/mol. The summed E-state index contributed by atoms with van der Waals surface area (Å²) in [6, 6.07) is 42.7. The van der Waals surface area contributed by atoms with Crippen LogP contribution in [0.3, 0.4) is 0 Å². The van der Waals surface area contributed by atoms with Gasteiger partial charge in [-0.25, -0.2) is 42.8 Å². The van der Waals surface area contributed by atoms with Gasteiger partial charge in [-0.3, -0.25) is 4.55 Å². The van der Waals surface area contributed by atoms with Crippen molar-refractivity contribution in [1.82, 2.24) is 0 Å². The van der Waals surface area contributed by atoms with Crippen LogP contribution in [-0.2, 0) is 63.7 Å². The van der Waals surface area contributed by atoms with Crippen molar-refractivity contribution in [3.63, 3.8) is 0 Å². The zero-order valence-corrected chi connectivity index (χ0v) is 45.2. The molecule has 0 radical (unpaired) electrons. The van der Waals surface area contributed by atoms with E-state index in [1.165, 1.54) is 60.7 Å². The third kappa shape index (κ3) is 12.2. The molecule has 8 aromatic rings. The second-order valence-corrected chi connectivity index (χ2v) is 31.5. The third-order valence-corrected chi connectivity index (χ3v) is 25.9. The van der Waals surface area contributed by atoms with Crippen LogP contribution in [0.2, 0.25) is 0 Å². The molecule has 0 fully saturated rings. The van der Waals surface area contributed by atoms with Gasteiger partial charge in [-0.15, -0.1) is 0 Å². The summed E-state index contributed by atoms with van der Waals surface area (Å²) in [4.78, 5) is -2.22. The Balaban J connectivity index is 1.12. The predicted octanol–water partition coefficient (Wildman–Crippen LogP) is 3.09. The van der Waals surface area contributed by atoms with E-state index in [2.05, 4.69) is 0 Å². The molecule has 0 saturated heterocycles. The number of nitrogens with zero attached hydrogens (tertiary/aromatic N) is 2. The van der Waals surface area contributed by atoms with Gasteiger partial charge in [0.15, 0.2) is 37.9 Å². The first-order valence-corrected chi connectivity index (χ1v) is 33.4. The molecule has 1 unspecified atom stereocenters. The summed E-state index contributed by atoms with van der Waals surface area (Å²) >= 11 is 0. The van der Waals surface area contributed by atoms with Gasteiger partial charge in [-0.05, 0) is 152 Å². The fraction of sp³-hybridized carbons (Fsp3) is 0.0980. The third-order valence-electron chi connectivity index (χ3n) is 12.8. The molecule has 1 atom stereocenters. The number of benzene rings is 6. The van der Waals surface area contributed by atoms with Gasteiger partial charge >= 0.3 is 0 Å². The summed E-state index contributed by atoms with van der Waals surface area (Å²) < 4.78 is 181. The lowest BCUT2D eigenvalue weighted by molar-refractivity contribution is -0.692. The highest BCUT2D eigenvalue weighted by molar-refractivity contribution is 7.96. The maximum atomic E-state index is 12.1. The molecule has 0 aliphatic heterocycles. The lowest BCUT2D eigenvalue weighted by Gasteiger charge is -2.27. The molecule has 6 aromatic carbocycles. The van der Waals surface area contributed by atoms with Gasteiger partial charge in [-0.1, -0.05) is 17.7 Å². The topological polar surface area (TPSA) is 291 Å². The Labute approximate surface area is 436 Å². The molecule has 24 heteroatoms. The molecule has 1 N–H and O–H groups in total. The van der Waals surface area contributed by atoms with E-state index in [0.29, 0.717) is 28.6 Å². The van der Waals surface area contributed by atoms with E-state index in [1.807, 2.05) is 89.4 Å². The van der Waals surface area contributed by atoms with Crippen molar-refractivity contribution in [3.05, 3.63) is 200 Å². The quantitative estimate of drug-likeness (QED) is 0.0734. The Bertz CT molecular complexity index is 3710. The minimum Gasteiger partial charge on any atom is -0.744 e. The van der Waals surface area contributed by atoms with Gasteiger partial charge in [0.2, 0.25) is 0 Å². The molecule has 0 aliphatic rings. The maximum Gasteiger partial charge on any atom is 0.294 e. The van der Waals surface area contributed by atoms with Crippen molar-refractivity contribution in [1.29, 1.82) is 0 Å². The maximum absolute atomic E-state index is 12.1. The van der Waals surface area contributed by atoms with Crippen molar-refractivity contribution in [2.45, 2.75) is 44.5 Å². The highest BCUT2D eigenvalue weighted by Crippen LogP contribution is 2.56. The Hall–Kier alpha value is -5.97. The summed E-state index contributed by atoms with van der Waals surface area (Å²) in [7, 11) is -29.8. The first-order chi connectivity index (χ1) is 35.2. The zero-order chi connectivity index (χ0) is 54.2. The molecule has 0 spiro atoms. The molecular formula is C51H44N2O15P2S5. The van der Waals surface area contributed by atoms with Gasteiger partial charge in [-0.2, -0.15) is 8.42 Å². The Kier molecular flexibility index (Phi) is 15.6. The van der Waals surface area contributed by atoms with E-state index in [1.54, 1.807) is 24.3 Å². The lowest BCUT2D eigenvalue weighted by atomic mass is 10.1. The van der Waals surface area contributed by atoms with Crippen molar-refractivity contribution in [2.75, 3.05) is 12.3 Å². The van der Waals surface area contributed by atoms with Gasteiger partial charge in [0.05, 0.1) is 24.5 Å². The van der Waals surface area contributed by atoms with Crippen LogP contribution in [0.4, 0.5) is 0 Å². The number of aromatic nitrogens is 2. The van der Waals surface area contributed by atoms with E-state index in [9.17, 15) is 64.9 Å². The van der Waals surface area contributed by atoms with Crippen LogP contribution in [0.1, 0.15) is 5.56 Å². The average Bonchev–Trinajstić information content (AvgIpc) is 3.37. The number of pyridine rings is 2. The molecule has 388 valence electrons. The molecule has 2 heterocycles. The van der Waals surface area contributed by atoms with Gasteiger partial charge in [0.25, 0.3) is 10.1 Å². The molecule has 75 heavy (non-hydrogen) atoms. The lowest BCUT2D eigenvalue weighted by Crippen LogP contribution is -2.41. The summed E-state index contributed by atoms with van der Waals surface area (Å²) in [5.74, 6) is 0. The van der Waals surface area contributed by atoms with E-state index in [4.69, 9.17) is 0 Å². The van der Waals surface area contributed by atoms with Crippen molar-refractivity contribution in [3.8, 4) is 11.1 Å². The van der Waals surface area contributed by atoms with Crippen LogP contribution in [-0.4, -0.2) is 77.2 Å². The van der Waals surface area contributed by atoms with Crippen LogP contribution in [0.5, 0.6) is 0 Å². The van der Waals surface area contributed by atoms with E-state index < -0.39 is 84.7 Å². The number of aryl methyl sites for hydroxylation is 3. The molecule has 17 nitrogen and oxygen atoms in total. The normalized spacial score (nSPS) is 13.5. The summed E-state index contributed by atoms with van der Waals surface area (Å²) in [6.45, 7) is 2.63. The van der Waals surface area contributed by atoms with Crippen molar-refractivity contribution in [2.24, 2.45) is 0 Å². The standard InChI is InChI=1S/C51H44N2O15P2S5/c1-38-2-4-41(5-3-38)69(42-6-16-47(17-7-42)71(54,55)56,43-8-18-48(19-9-43)72(57,58)59)36-34-52-30-26-39(27-31-52)40-28-32-53(33-29-40)35-37-70(44-10-20-49(21-11-44)73(60,61)62,45-12-22-50(23-13-45)74(63,64)65)46-14-24-51(25-15-46)75(66,67)68/h2-33H,34-37H2,1H3,(H-4,54,55,56,57,58,59,60,61,62,63,64,65,66,67,68). The summed E-state index contributed by atoms with van der Waals surface area (Å²) in [6.07, 6.45) is 8.15. The van der Waals surface area contributed by atoms with E-state index >= 15 is 0 Å². The van der Waals surface area contributed by atoms with Crippen LogP contribution < -0.4 is 41.0 Å². The van der Waals surface area contributed by atoms with Crippen LogP contribution >= 0.6 is 14.5 Å².